The summed E-state index contributed by atoms with van der Waals surface area (Å²) < 4.78 is 13.8. The van der Waals surface area contributed by atoms with E-state index < -0.39 is 5.82 Å². The molecule has 2 aromatic rings. The zero-order valence-corrected chi connectivity index (χ0v) is 13.1. The van der Waals surface area contributed by atoms with Crippen LogP contribution < -0.4 is 5.32 Å². The third-order valence-corrected chi connectivity index (χ3v) is 3.68. The highest BCUT2D eigenvalue weighted by Gasteiger charge is 2.09. The number of benzene rings is 2. The first-order chi connectivity index (χ1) is 9.45. The monoisotopic (exact) mass is 355 g/mol. The first-order valence-corrected chi connectivity index (χ1v) is 7.13. The summed E-state index contributed by atoms with van der Waals surface area (Å²) in [6.45, 7) is 1.81. The molecule has 20 heavy (non-hydrogen) atoms. The number of carbonyl (C=O) groups excluding carboxylic acids is 1. The Morgan fingerprint density at radius 1 is 1.30 bits per heavy atom. The Morgan fingerprint density at radius 2 is 1.95 bits per heavy atom. The van der Waals surface area contributed by atoms with E-state index in [1.54, 1.807) is 30.3 Å². The molecular weight excluding hydrogens is 345 g/mol. The molecule has 0 aliphatic carbocycles. The summed E-state index contributed by atoms with van der Waals surface area (Å²) in [6.07, 6.45) is 0.217. The Bertz CT molecular complexity index is 643. The molecule has 1 N–H and O–H groups in total. The van der Waals surface area contributed by atoms with Crippen molar-refractivity contribution in [2.45, 2.75) is 13.3 Å². The number of amides is 1. The Morgan fingerprint density at radius 3 is 2.60 bits per heavy atom. The first-order valence-electron chi connectivity index (χ1n) is 5.95. The van der Waals surface area contributed by atoms with Crippen LogP contribution in [-0.2, 0) is 11.2 Å². The third kappa shape index (κ3) is 3.81. The van der Waals surface area contributed by atoms with Gasteiger partial charge in [0.05, 0.1) is 10.9 Å². The molecule has 2 rings (SSSR count). The van der Waals surface area contributed by atoms with Crippen LogP contribution >= 0.6 is 27.5 Å². The first kappa shape index (κ1) is 15.0. The van der Waals surface area contributed by atoms with E-state index in [9.17, 15) is 9.18 Å². The lowest BCUT2D eigenvalue weighted by molar-refractivity contribution is -0.115. The fourth-order valence-electron chi connectivity index (χ4n) is 1.76. The molecule has 0 saturated carbocycles. The van der Waals surface area contributed by atoms with Crippen LogP contribution in [0.5, 0.6) is 0 Å². The highest BCUT2D eigenvalue weighted by Crippen LogP contribution is 2.24. The molecule has 2 nitrogen and oxygen atoms in total. The van der Waals surface area contributed by atoms with Crippen molar-refractivity contribution in [3.05, 3.63) is 62.8 Å². The van der Waals surface area contributed by atoms with Crippen molar-refractivity contribution in [2.75, 3.05) is 5.32 Å². The van der Waals surface area contributed by atoms with Crippen molar-refractivity contribution in [2.24, 2.45) is 0 Å². The van der Waals surface area contributed by atoms with E-state index in [2.05, 4.69) is 21.2 Å². The van der Waals surface area contributed by atoms with Gasteiger partial charge in [-0.25, -0.2) is 4.39 Å². The zero-order valence-electron chi connectivity index (χ0n) is 10.7. The second-order valence-corrected chi connectivity index (χ2v) is 5.72. The summed E-state index contributed by atoms with van der Waals surface area (Å²) in [5, 5.41) is 3.33. The highest BCUT2D eigenvalue weighted by molar-refractivity contribution is 9.10. The Hall–Kier alpha value is -1.39. The maximum Gasteiger partial charge on any atom is 0.228 e. The molecule has 0 unspecified atom stereocenters. The molecule has 0 bridgehead atoms. The van der Waals surface area contributed by atoms with E-state index in [1.165, 1.54) is 6.07 Å². The molecule has 0 spiro atoms. The molecular formula is C15H12BrClFNO. The number of carbonyl (C=O) groups is 1. The van der Waals surface area contributed by atoms with Crippen molar-refractivity contribution in [1.29, 1.82) is 0 Å². The van der Waals surface area contributed by atoms with Crippen molar-refractivity contribution in [3.8, 4) is 0 Å². The maximum absolute atomic E-state index is 13.5. The molecule has 0 radical (unpaired) electrons. The van der Waals surface area contributed by atoms with E-state index in [0.29, 0.717) is 15.2 Å². The molecule has 0 saturated heterocycles. The van der Waals surface area contributed by atoms with Crippen molar-refractivity contribution in [1.82, 2.24) is 0 Å². The summed E-state index contributed by atoms with van der Waals surface area (Å²) in [6, 6.07) is 9.98. The summed E-state index contributed by atoms with van der Waals surface area (Å²) >= 11 is 8.89. The van der Waals surface area contributed by atoms with E-state index in [0.717, 1.165) is 11.1 Å². The largest absolute Gasteiger partial charge is 0.325 e. The number of nitrogens with one attached hydrogen (secondary N) is 1. The van der Waals surface area contributed by atoms with E-state index >= 15 is 0 Å². The van der Waals surface area contributed by atoms with Gasteiger partial charge in [-0.2, -0.15) is 0 Å². The molecule has 0 aliphatic rings. The fraction of sp³-hybridized carbons (Fsp3) is 0.133. The minimum atomic E-state index is -0.405. The van der Waals surface area contributed by atoms with Gasteiger partial charge in [0.25, 0.3) is 0 Å². The quantitative estimate of drug-likeness (QED) is 0.846. The van der Waals surface area contributed by atoms with E-state index in [1.807, 2.05) is 6.92 Å². The van der Waals surface area contributed by atoms with Gasteiger partial charge in [-0.3, -0.25) is 4.79 Å². The molecule has 0 heterocycles. The average molecular weight is 357 g/mol. The molecule has 1 amide bonds. The van der Waals surface area contributed by atoms with Gasteiger partial charge in [-0.1, -0.05) is 23.7 Å². The number of hydrogen-bond donors (Lipinski definition) is 1. The second kappa shape index (κ2) is 6.37. The van der Waals surface area contributed by atoms with E-state index in [4.69, 9.17) is 11.6 Å². The van der Waals surface area contributed by atoms with Crippen LogP contribution in [0.15, 0.2) is 40.9 Å². The highest BCUT2D eigenvalue weighted by atomic mass is 79.9. The van der Waals surface area contributed by atoms with Crippen LogP contribution in [0.4, 0.5) is 10.1 Å². The minimum Gasteiger partial charge on any atom is -0.325 e. The number of rotatable bonds is 3. The standard InChI is InChI=1S/C15H12BrClFNO/c1-9-6-12(16)13(18)8-14(9)19-15(20)7-10-2-4-11(17)5-3-10/h2-6,8H,7H2,1H3,(H,19,20). The number of hydrogen-bond acceptors (Lipinski definition) is 1. The van der Waals surface area contributed by atoms with Gasteiger partial charge >= 0.3 is 0 Å². The van der Waals surface area contributed by atoms with Crippen LogP contribution in [0.25, 0.3) is 0 Å². The van der Waals surface area contributed by atoms with Gasteiger partial charge in [0.2, 0.25) is 5.91 Å². The minimum absolute atomic E-state index is 0.197. The lowest BCUT2D eigenvalue weighted by Gasteiger charge is -2.09. The van der Waals surface area contributed by atoms with Crippen molar-refractivity contribution in [3.63, 3.8) is 0 Å². The number of halogens is 3. The summed E-state index contributed by atoms with van der Waals surface area (Å²) in [7, 11) is 0. The molecule has 5 heteroatoms. The topological polar surface area (TPSA) is 29.1 Å². The summed E-state index contributed by atoms with van der Waals surface area (Å²) in [5.74, 6) is -0.602. The van der Waals surface area contributed by atoms with Gasteiger partial charge in [-0.15, -0.1) is 0 Å². The second-order valence-electron chi connectivity index (χ2n) is 4.43. The van der Waals surface area contributed by atoms with E-state index in [-0.39, 0.29) is 12.3 Å². The summed E-state index contributed by atoms with van der Waals surface area (Å²) in [5.41, 5.74) is 2.12. The van der Waals surface area contributed by atoms with Gasteiger partial charge in [0, 0.05) is 10.7 Å². The summed E-state index contributed by atoms with van der Waals surface area (Å²) in [4.78, 5) is 11.9. The number of aryl methyl sites for hydroxylation is 1. The van der Waals surface area contributed by atoms with Gasteiger partial charge in [-0.05, 0) is 58.2 Å². The fourth-order valence-corrected chi connectivity index (χ4v) is 2.35. The smallest absolute Gasteiger partial charge is 0.228 e. The Labute approximate surface area is 130 Å². The van der Waals surface area contributed by atoms with Gasteiger partial charge < -0.3 is 5.32 Å². The molecule has 2 aromatic carbocycles. The predicted octanol–water partition coefficient (Wildman–Crippen LogP) is 4.73. The lowest BCUT2D eigenvalue weighted by Crippen LogP contribution is -2.15. The van der Waals surface area contributed by atoms with Gasteiger partial charge in [0.15, 0.2) is 0 Å². The van der Waals surface area contributed by atoms with Crippen LogP contribution in [-0.4, -0.2) is 5.91 Å². The van der Waals surface area contributed by atoms with Crippen LogP contribution in [0.3, 0.4) is 0 Å². The SMILES string of the molecule is Cc1cc(Br)c(F)cc1NC(=O)Cc1ccc(Cl)cc1. The lowest BCUT2D eigenvalue weighted by atomic mass is 10.1. The van der Waals surface area contributed by atoms with Crippen molar-refractivity contribution < 1.29 is 9.18 Å². The number of anilines is 1. The Kier molecular flexibility index (Phi) is 4.78. The third-order valence-electron chi connectivity index (χ3n) is 2.82. The average Bonchev–Trinajstić information content (AvgIpc) is 2.39. The molecule has 104 valence electrons. The van der Waals surface area contributed by atoms with Crippen LogP contribution in [0.1, 0.15) is 11.1 Å². The normalized spacial score (nSPS) is 10.4. The zero-order chi connectivity index (χ0) is 14.7. The van der Waals surface area contributed by atoms with Gasteiger partial charge in [0.1, 0.15) is 5.82 Å². The maximum atomic E-state index is 13.5. The van der Waals surface area contributed by atoms with Crippen molar-refractivity contribution >= 4 is 39.1 Å². The van der Waals surface area contributed by atoms with Crippen LogP contribution in [0.2, 0.25) is 5.02 Å². The molecule has 0 aliphatic heterocycles. The molecule has 0 aromatic heterocycles. The molecule has 0 atom stereocenters. The molecule has 0 fully saturated rings. The van der Waals surface area contributed by atoms with Crippen LogP contribution in [0, 0.1) is 12.7 Å². The Balaban J connectivity index is 2.08. The predicted molar refractivity (Wildman–Crippen MR) is 82.6 cm³/mol.